The number of methoxy groups -OCH3 is 1. The Morgan fingerprint density at radius 1 is 1.00 bits per heavy atom. The van der Waals surface area contributed by atoms with Gasteiger partial charge in [0.15, 0.2) is 5.54 Å². The van der Waals surface area contributed by atoms with Gasteiger partial charge in [-0.25, -0.2) is 9.69 Å². The zero-order chi connectivity index (χ0) is 25.0. The zero-order valence-corrected chi connectivity index (χ0v) is 20.4. The Bertz CT molecular complexity index is 1490. The Morgan fingerprint density at radius 2 is 1.72 bits per heavy atom. The number of benzene rings is 3. The average molecular weight is 482 g/mol. The van der Waals surface area contributed by atoms with Crippen molar-refractivity contribution in [2.45, 2.75) is 25.3 Å². The third kappa shape index (κ3) is 2.98. The first-order valence-corrected chi connectivity index (χ1v) is 12.1. The molecule has 2 aliphatic rings. The Labute approximate surface area is 209 Å². The number of H-pyrrole nitrogens is 1. The molecule has 0 aliphatic carbocycles. The highest BCUT2D eigenvalue weighted by Gasteiger charge is 2.60. The Morgan fingerprint density at radius 3 is 2.47 bits per heavy atom. The molecule has 3 aromatic carbocycles. The van der Waals surface area contributed by atoms with Crippen molar-refractivity contribution in [3.05, 3.63) is 89.6 Å². The van der Waals surface area contributed by atoms with Crippen molar-refractivity contribution in [3.63, 3.8) is 0 Å². The Kier molecular flexibility index (Phi) is 5.03. The maximum absolute atomic E-state index is 14.1. The molecule has 3 amide bonds. The van der Waals surface area contributed by atoms with Crippen LogP contribution in [0.1, 0.15) is 36.6 Å². The molecule has 4 aromatic rings. The van der Waals surface area contributed by atoms with Crippen molar-refractivity contribution < 1.29 is 19.1 Å². The predicted octanol–water partition coefficient (Wildman–Crippen LogP) is 5.40. The summed E-state index contributed by atoms with van der Waals surface area (Å²) < 4.78 is 11.2. The van der Waals surface area contributed by atoms with E-state index in [4.69, 9.17) is 9.47 Å². The van der Waals surface area contributed by atoms with Gasteiger partial charge in [0.2, 0.25) is 0 Å². The number of urea groups is 1. The second-order valence-electron chi connectivity index (χ2n) is 9.29. The first-order valence-electron chi connectivity index (χ1n) is 12.1. The molecule has 1 aromatic heterocycles. The molecule has 182 valence electrons. The second kappa shape index (κ2) is 8.16. The van der Waals surface area contributed by atoms with Gasteiger partial charge in [-0.15, -0.1) is 0 Å². The fourth-order valence-corrected chi connectivity index (χ4v) is 5.71. The molecule has 0 radical (unpaired) electrons. The van der Waals surface area contributed by atoms with Gasteiger partial charge in [-0.05, 0) is 55.8 Å². The van der Waals surface area contributed by atoms with Crippen LogP contribution in [0.4, 0.5) is 10.5 Å². The largest absolute Gasteiger partial charge is 0.496 e. The molecule has 0 bridgehead atoms. The number of rotatable bonds is 5. The van der Waals surface area contributed by atoms with Crippen LogP contribution >= 0.6 is 0 Å². The smallest absolute Gasteiger partial charge is 0.332 e. The van der Waals surface area contributed by atoms with Gasteiger partial charge in [-0.2, -0.15) is 0 Å². The number of imide groups is 1. The summed E-state index contributed by atoms with van der Waals surface area (Å²) in [6.07, 6.45) is 0. The normalized spacial score (nSPS) is 21.0. The van der Waals surface area contributed by atoms with Crippen molar-refractivity contribution in [1.82, 2.24) is 9.88 Å². The van der Waals surface area contributed by atoms with Crippen LogP contribution in [0.3, 0.4) is 0 Å². The number of amides is 3. The number of hydrogen-bond donors (Lipinski definition) is 1. The summed E-state index contributed by atoms with van der Waals surface area (Å²) in [5.41, 5.74) is 3.05. The molecular formula is C29H27N3O4. The summed E-state index contributed by atoms with van der Waals surface area (Å²) in [5.74, 6) is 1.00. The lowest BCUT2D eigenvalue weighted by Crippen LogP contribution is -2.50. The van der Waals surface area contributed by atoms with Crippen LogP contribution in [-0.4, -0.2) is 42.1 Å². The number of anilines is 1. The van der Waals surface area contributed by atoms with Gasteiger partial charge >= 0.3 is 6.03 Å². The first-order chi connectivity index (χ1) is 17.5. The van der Waals surface area contributed by atoms with Gasteiger partial charge in [0.05, 0.1) is 25.1 Å². The second-order valence-corrected chi connectivity index (χ2v) is 9.29. The zero-order valence-electron chi connectivity index (χ0n) is 20.4. The molecule has 7 nitrogen and oxygen atoms in total. The topological polar surface area (TPSA) is 74.9 Å². The molecule has 2 unspecified atom stereocenters. The maximum atomic E-state index is 14.1. The third-order valence-corrected chi connectivity index (χ3v) is 7.45. The number of ether oxygens (including phenoxy) is 2. The summed E-state index contributed by atoms with van der Waals surface area (Å²) in [7, 11) is 1.65. The van der Waals surface area contributed by atoms with E-state index in [1.807, 2.05) is 56.3 Å². The summed E-state index contributed by atoms with van der Waals surface area (Å²) in [6, 6.07) is 22.7. The predicted molar refractivity (Wildman–Crippen MR) is 138 cm³/mol. The van der Waals surface area contributed by atoms with Crippen LogP contribution in [0, 0.1) is 0 Å². The van der Waals surface area contributed by atoms with Gasteiger partial charge in [0, 0.05) is 28.9 Å². The van der Waals surface area contributed by atoms with Crippen LogP contribution in [0.5, 0.6) is 11.5 Å². The fraction of sp³-hybridized carbons (Fsp3) is 0.241. The van der Waals surface area contributed by atoms with Gasteiger partial charge < -0.3 is 19.4 Å². The van der Waals surface area contributed by atoms with E-state index < -0.39 is 5.54 Å². The van der Waals surface area contributed by atoms with Crippen molar-refractivity contribution in [1.29, 1.82) is 0 Å². The molecular weight excluding hydrogens is 454 g/mol. The summed E-state index contributed by atoms with van der Waals surface area (Å²) >= 11 is 0. The molecule has 1 fully saturated rings. The molecule has 0 spiro atoms. The summed E-state index contributed by atoms with van der Waals surface area (Å²) in [6.45, 7) is 4.65. The third-order valence-electron chi connectivity index (χ3n) is 7.45. The molecule has 6 rings (SSSR count). The molecule has 3 heterocycles. The maximum Gasteiger partial charge on any atom is 0.332 e. The molecule has 36 heavy (non-hydrogen) atoms. The monoisotopic (exact) mass is 481 g/mol. The number of aromatic nitrogens is 1. The van der Waals surface area contributed by atoms with Gasteiger partial charge in [-0.3, -0.25) is 4.79 Å². The van der Waals surface area contributed by atoms with Crippen LogP contribution < -0.4 is 14.4 Å². The minimum Gasteiger partial charge on any atom is -0.496 e. The van der Waals surface area contributed by atoms with E-state index in [2.05, 4.69) is 11.1 Å². The summed E-state index contributed by atoms with van der Waals surface area (Å²) in [5, 5.41) is 1.05. The number of carbonyl (C=O) groups is 2. The number of para-hydroxylation sites is 2. The fourth-order valence-electron chi connectivity index (χ4n) is 5.71. The lowest BCUT2D eigenvalue weighted by Gasteiger charge is -2.40. The Balaban J connectivity index is 1.54. The quantitative estimate of drug-likeness (QED) is 0.387. The lowest BCUT2D eigenvalue weighted by molar-refractivity contribution is -0.125. The highest BCUT2D eigenvalue weighted by Crippen LogP contribution is 2.51. The van der Waals surface area contributed by atoms with E-state index in [0.717, 1.165) is 33.5 Å². The lowest BCUT2D eigenvalue weighted by atomic mass is 9.78. The SMILES string of the molecule is CCOc1ccc(N2C(=O)N3CC(c4ccccc4OC)c4c([nH]c5ccccc45)C3(C)C2=O)cc1. The van der Waals surface area contributed by atoms with Crippen LogP contribution in [0.15, 0.2) is 72.8 Å². The van der Waals surface area contributed by atoms with Crippen molar-refractivity contribution >= 4 is 28.5 Å². The average Bonchev–Trinajstić information content (AvgIpc) is 3.39. The molecule has 1 saturated heterocycles. The van der Waals surface area contributed by atoms with E-state index in [9.17, 15) is 9.59 Å². The van der Waals surface area contributed by atoms with Gasteiger partial charge in [0.1, 0.15) is 11.5 Å². The molecule has 2 aliphatic heterocycles. The minimum atomic E-state index is -1.16. The number of nitrogens with one attached hydrogen (secondary N) is 1. The number of fused-ring (bicyclic) bond motifs is 5. The number of carbonyl (C=O) groups excluding carboxylic acids is 2. The molecule has 0 saturated carbocycles. The van der Waals surface area contributed by atoms with E-state index >= 15 is 0 Å². The molecule has 7 heteroatoms. The van der Waals surface area contributed by atoms with Gasteiger partial charge in [-0.1, -0.05) is 36.4 Å². The molecule has 1 N–H and O–H groups in total. The minimum absolute atomic E-state index is 0.169. The summed E-state index contributed by atoms with van der Waals surface area (Å²) in [4.78, 5) is 34.4. The van der Waals surface area contributed by atoms with Crippen molar-refractivity contribution in [2.75, 3.05) is 25.2 Å². The molecule has 2 atom stereocenters. The Hall–Kier alpha value is -4.26. The number of hydrogen-bond acceptors (Lipinski definition) is 4. The first kappa shape index (κ1) is 22.2. The number of aromatic amines is 1. The number of nitrogens with zero attached hydrogens (tertiary/aromatic N) is 2. The van der Waals surface area contributed by atoms with Gasteiger partial charge in [0.25, 0.3) is 5.91 Å². The van der Waals surface area contributed by atoms with E-state index in [0.29, 0.717) is 24.6 Å². The van der Waals surface area contributed by atoms with Crippen molar-refractivity contribution in [2.24, 2.45) is 0 Å². The van der Waals surface area contributed by atoms with Crippen LogP contribution in [0.2, 0.25) is 0 Å². The van der Waals surface area contributed by atoms with E-state index in [1.165, 1.54) is 4.90 Å². The van der Waals surface area contributed by atoms with E-state index in [-0.39, 0.29) is 17.9 Å². The van der Waals surface area contributed by atoms with Crippen LogP contribution in [-0.2, 0) is 10.3 Å². The van der Waals surface area contributed by atoms with Crippen molar-refractivity contribution in [3.8, 4) is 11.5 Å². The standard InChI is InChI=1S/C29H27N3O4/c1-4-36-19-15-13-18(14-16-19)32-27(33)29(2)26-25(21-10-5-7-11-23(21)30-26)22(17-31(29)28(32)34)20-9-6-8-12-24(20)35-3/h5-16,22,30H,4,17H2,1-3H3. The van der Waals surface area contributed by atoms with Crippen LogP contribution in [0.25, 0.3) is 10.9 Å². The highest BCUT2D eigenvalue weighted by molar-refractivity contribution is 6.23. The highest BCUT2D eigenvalue weighted by atomic mass is 16.5. The van der Waals surface area contributed by atoms with E-state index in [1.54, 1.807) is 36.3 Å².